The van der Waals surface area contributed by atoms with Crippen LogP contribution in [0.1, 0.15) is 86.2 Å². The van der Waals surface area contributed by atoms with Crippen molar-refractivity contribution in [3.05, 3.63) is 34.9 Å². The normalized spacial score (nSPS) is 29.5. The third-order valence-corrected chi connectivity index (χ3v) is 8.33. The van der Waals surface area contributed by atoms with E-state index in [1.165, 1.54) is 50.5 Å². The Morgan fingerprint density at radius 2 is 1.88 bits per heavy atom. The third-order valence-electron chi connectivity index (χ3n) is 8.33. The summed E-state index contributed by atoms with van der Waals surface area (Å²) in [5.41, 5.74) is 3.01. The van der Waals surface area contributed by atoms with Crippen molar-refractivity contribution in [2.24, 2.45) is 11.8 Å². The summed E-state index contributed by atoms with van der Waals surface area (Å²) in [5.74, 6) is 0.793. The predicted molar refractivity (Wildman–Crippen MR) is 122 cm³/mol. The Morgan fingerprint density at radius 3 is 2.62 bits per heavy atom. The van der Waals surface area contributed by atoms with Gasteiger partial charge in [0.1, 0.15) is 6.04 Å². The number of amides is 3. The number of rotatable bonds is 6. The average molecular weight is 438 g/mol. The van der Waals surface area contributed by atoms with Crippen molar-refractivity contribution in [1.82, 2.24) is 15.5 Å². The fraction of sp³-hybridized carbons (Fsp3) is 0.654. The van der Waals surface area contributed by atoms with Crippen molar-refractivity contribution in [1.29, 1.82) is 0 Å². The number of hydrogen-bond acceptors (Lipinski definition) is 4. The van der Waals surface area contributed by atoms with E-state index in [1.54, 1.807) is 4.90 Å². The van der Waals surface area contributed by atoms with Gasteiger partial charge in [-0.1, -0.05) is 31.4 Å². The number of piperidine rings is 1. The van der Waals surface area contributed by atoms with E-state index < -0.39 is 6.04 Å². The second-order valence-corrected chi connectivity index (χ2v) is 10.4. The number of nitrogens with one attached hydrogen (secondary N) is 2. The molecule has 3 fully saturated rings. The monoisotopic (exact) mass is 437 g/mol. The van der Waals surface area contributed by atoms with Crippen LogP contribution in [0.4, 0.5) is 0 Å². The van der Waals surface area contributed by atoms with Crippen molar-refractivity contribution < 1.29 is 14.4 Å². The summed E-state index contributed by atoms with van der Waals surface area (Å²) < 4.78 is 0. The quantitative estimate of drug-likeness (QED) is 0.669. The molecular formula is C26H35N3O3. The summed E-state index contributed by atoms with van der Waals surface area (Å²) in [6.45, 7) is 2.82. The van der Waals surface area contributed by atoms with E-state index in [2.05, 4.69) is 29.7 Å². The molecule has 1 aromatic carbocycles. The number of fused-ring (bicyclic) bond motifs is 1. The Labute approximate surface area is 190 Å². The zero-order valence-corrected chi connectivity index (χ0v) is 19.1. The average Bonchev–Trinajstić information content (AvgIpc) is 3.04. The molecule has 1 aromatic rings. The van der Waals surface area contributed by atoms with Gasteiger partial charge in [-0.3, -0.25) is 19.7 Å². The van der Waals surface area contributed by atoms with Gasteiger partial charge in [0, 0.05) is 30.6 Å². The number of carbonyl (C=O) groups excluding carboxylic acids is 3. The van der Waals surface area contributed by atoms with Gasteiger partial charge in [0.15, 0.2) is 0 Å². The number of benzene rings is 1. The molecule has 32 heavy (non-hydrogen) atoms. The third kappa shape index (κ3) is 4.21. The molecule has 0 spiro atoms. The molecule has 2 aliphatic heterocycles. The summed E-state index contributed by atoms with van der Waals surface area (Å²) in [5, 5.41) is 6.35. The van der Waals surface area contributed by atoms with E-state index in [-0.39, 0.29) is 24.1 Å². The maximum Gasteiger partial charge on any atom is 0.255 e. The maximum atomic E-state index is 12.9. The summed E-state index contributed by atoms with van der Waals surface area (Å²) in [7, 11) is 0. The van der Waals surface area contributed by atoms with Crippen molar-refractivity contribution in [3.8, 4) is 0 Å². The van der Waals surface area contributed by atoms with Gasteiger partial charge in [0.05, 0.1) is 0 Å². The molecule has 172 valence electrons. The van der Waals surface area contributed by atoms with Crippen molar-refractivity contribution in [2.45, 2.75) is 95.8 Å². The molecule has 2 N–H and O–H groups in total. The first kappa shape index (κ1) is 21.6. The predicted octanol–water partition coefficient (Wildman–Crippen LogP) is 3.33. The first-order valence-electron chi connectivity index (χ1n) is 12.5. The first-order valence-corrected chi connectivity index (χ1v) is 12.5. The van der Waals surface area contributed by atoms with Gasteiger partial charge in [-0.2, -0.15) is 0 Å². The molecule has 4 aliphatic rings. The largest absolute Gasteiger partial charge is 0.322 e. The second-order valence-electron chi connectivity index (χ2n) is 10.4. The van der Waals surface area contributed by atoms with Crippen molar-refractivity contribution >= 4 is 17.7 Å². The first-order chi connectivity index (χ1) is 15.5. The van der Waals surface area contributed by atoms with E-state index in [4.69, 9.17) is 0 Å². The summed E-state index contributed by atoms with van der Waals surface area (Å²) in [4.78, 5) is 38.3. The minimum absolute atomic E-state index is 0.0902. The molecule has 0 radical (unpaired) electrons. The summed E-state index contributed by atoms with van der Waals surface area (Å²) in [6, 6.07) is 6.87. The molecule has 3 amide bonds. The van der Waals surface area contributed by atoms with E-state index in [0.29, 0.717) is 36.5 Å². The Morgan fingerprint density at radius 1 is 1.06 bits per heavy atom. The molecule has 1 saturated heterocycles. The highest BCUT2D eigenvalue weighted by atomic mass is 16.2. The number of hydrogen-bond donors (Lipinski definition) is 2. The molecule has 5 rings (SSSR count). The zero-order valence-electron chi connectivity index (χ0n) is 19.1. The van der Waals surface area contributed by atoms with Gasteiger partial charge in [0.25, 0.3) is 5.91 Å². The fourth-order valence-corrected chi connectivity index (χ4v) is 6.14. The lowest BCUT2D eigenvalue weighted by atomic mass is 9.77. The standard InChI is InChI=1S/C26H35N3O3/c1-16(18-6-4-7-18)27-22-8-3-2-5-19(22)13-17-9-10-21-20(14-17)15-29(26(21)32)23-11-12-24(30)28-25(23)31/h9-10,14,16,18-19,22-23,27H,2-8,11-13,15H2,1H3,(H,28,30,31)/t16-,19+,22-,23?/m0/s1. The summed E-state index contributed by atoms with van der Waals surface area (Å²) in [6.07, 6.45) is 11.0. The molecule has 1 unspecified atom stereocenters. The lowest BCUT2D eigenvalue weighted by molar-refractivity contribution is -0.136. The number of nitrogens with zero attached hydrogens (tertiary/aromatic N) is 1. The van der Waals surface area contributed by atoms with Gasteiger partial charge < -0.3 is 10.2 Å². The zero-order chi connectivity index (χ0) is 22.2. The highest BCUT2D eigenvalue weighted by Crippen LogP contribution is 2.34. The van der Waals surface area contributed by atoms with Gasteiger partial charge in [0.2, 0.25) is 11.8 Å². The Balaban J connectivity index is 1.26. The Hall–Kier alpha value is -2.21. The lowest BCUT2D eigenvalue weighted by Crippen LogP contribution is -2.52. The topological polar surface area (TPSA) is 78.5 Å². The highest BCUT2D eigenvalue weighted by molar-refractivity contribution is 6.05. The van der Waals surface area contributed by atoms with Crippen LogP contribution in [0.15, 0.2) is 18.2 Å². The SMILES string of the molecule is C[C@H](N[C@H]1CCCC[C@@H]1Cc1ccc2c(c1)CN(C1CCC(=O)NC1=O)C2=O)C1CCC1. The fourth-order valence-electron chi connectivity index (χ4n) is 6.14. The van der Waals surface area contributed by atoms with E-state index in [9.17, 15) is 14.4 Å². The lowest BCUT2D eigenvalue weighted by Gasteiger charge is -2.39. The summed E-state index contributed by atoms with van der Waals surface area (Å²) >= 11 is 0. The Bertz CT molecular complexity index is 910. The number of imide groups is 1. The van der Waals surface area contributed by atoms with Gasteiger partial charge in [-0.05, 0) is 74.5 Å². The maximum absolute atomic E-state index is 12.9. The van der Waals surface area contributed by atoms with E-state index >= 15 is 0 Å². The van der Waals surface area contributed by atoms with Crippen LogP contribution in [0.5, 0.6) is 0 Å². The van der Waals surface area contributed by atoms with Crippen LogP contribution >= 0.6 is 0 Å². The van der Waals surface area contributed by atoms with Crippen LogP contribution in [0.2, 0.25) is 0 Å². The minimum Gasteiger partial charge on any atom is -0.322 e. The molecule has 2 heterocycles. The van der Waals surface area contributed by atoms with Crippen molar-refractivity contribution in [3.63, 3.8) is 0 Å². The molecule has 0 bridgehead atoms. The van der Waals surface area contributed by atoms with Gasteiger partial charge >= 0.3 is 0 Å². The molecular weight excluding hydrogens is 402 g/mol. The molecule has 2 aliphatic carbocycles. The molecule has 6 heteroatoms. The highest BCUT2D eigenvalue weighted by Gasteiger charge is 2.39. The van der Waals surface area contributed by atoms with Crippen LogP contribution in [0.25, 0.3) is 0 Å². The van der Waals surface area contributed by atoms with Crippen LogP contribution in [-0.2, 0) is 22.6 Å². The second kappa shape index (κ2) is 8.97. The van der Waals surface area contributed by atoms with E-state index in [1.807, 2.05) is 6.07 Å². The van der Waals surface area contributed by atoms with Crippen LogP contribution < -0.4 is 10.6 Å². The molecule has 2 saturated carbocycles. The smallest absolute Gasteiger partial charge is 0.255 e. The van der Waals surface area contributed by atoms with Crippen LogP contribution in [0.3, 0.4) is 0 Å². The minimum atomic E-state index is -0.545. The molecule has 4 atom stereocenters. The van der Waals surface area contributed by atoms with Gasteiger partial charge in [-0.15, -0.1) is 0 Å². The van der Waals surface area contributed by atoms with Crippen LogP contribution in [0, 0.1) is 11.8 Å². The molecule has 6 nitrogen and oxygen atoms in total. The van der Waals surface area contributed by atoms with Crippen molar-refractivity contribution in [2.75, 3.05) is 0 Å². The Kier molecular flexibility index (Phi) is 6.06. The van der Waals surface area contributed by atoms with Gasteiger partial charge in [-0.25, -0.2) is 0 Å². The molecule has 0 aromatic heterocycles. The van der Waals surface area contributed by atoms with E-state index in [0.717, 1.165) is 17.9 Å². The number of carbonyl (C=O) groups is 3. The van der Waals surface area contributed by atoms with Crippen LogP contribution in [-0.4, -0.2) is 40.7 Å².